The lowest BCUT2D eigenvalue weighted by Crippen LogP contribution is -2.41. The van der Waals surface area contributed by atoms with Crippen LogP contribution in [-0.4, -0.2) is 29.5 Å². The van der Waals surface area contributed by atoms with Crippen molar-refractivity contribution in [3.05, 3.63) is 5.43 Å². The molecular weight excluding hydrogens is 196 g/mol. The van der Waals surface area contributed by atoms with E-state index in [0.717, 1.165) is 12.8 Å². The summed E-state index contributed by atoms with van der Waals surface area (Å²) in [4.78, 5) is 0. The summed E-state index contributed by atoms with van der Waals surface area (Å²) >= 11 is 6.47. The van der Waals surface area contributed by atoms with Gasteiger partial charge in [0.1, 0.15) is 0 Å². The van der Waals surface area contributed by atoms with Crippen LogP contribution < -0.4 is 0 Å². The highest BCUT2D eigenvalue weighted by atomic mass is 35.5. The Hall–Kier alpha value is 0.210. The quantitative estimate of drug-likeness (QED) is 0.648. The lowest BCUT2D eigenvalue weighted by Gasteiger charge is -2.40. The number of hydrogen-bond donors (Lipinski definition) is 0. The maximum atomic E-state index is 6.47. The summed E-state index contributed by atoms with van der Waals surface area (Å²) in [6.45, 7) is 8.87. The Kier molecular flexibility index (Phi) is 3.84. The molecule has 2 nitrogen and oxygen atoms in total. The third-order valence-electron chi connectivity index (χ3n) is 2.87. The molecular formula is C11H22ClN2-. The topological polar surface area (TPSA) is 17.3 Å². The zero-order valence-corrected chi connectivity index (χ0v) is 10.7. The predicted molar refractivity (Wildman–Crippen MR) is 62.7 cm³/mol. The molecule has 1 saturated heterocycles. The van der Waals surface area contributed by atoms with E-state index < -0.39 is 0 Å². The Morgan fingerprint density at radius 1 is 1.36 bits per heavy atom. The van der Waals surface area contributed by atoms with Crippen LogP contribution in [0.1, 0.15) is 40.5 Å². The molecule has 84 valence electrons. The summed E-state index contributed by atoms with van der Waals surface area (Å²) in [6.07, 6.45) is 2.26. The van der Waals surface area contributed by atoms with Gasteiger partial charge in [-0.3, -0.25) is 0 Å². The van der Waals surface area contributed by atoms with Gasteiger partial charge < -0.3 is 10.4 Å². The Balaban J connectivity index is 2.70. The van der Waals surface area contributed by atoms with Gasteiger partial charge in [0.2, 0.25) is 0 Å². The summed E-state index contributed by atoms with van der Waals surface area (Å²) in [5.41, 5.74) is 4.81. The molecule has 1 heterocycles. The molecule has 0 aromatic rings. The predicted octanol–water partition coefficient (Wildman–Crippen LogP) is 3.41. The third kappa shape index (κ3) is 2.41. The number of halogens is 1. The maximum absolute atomic E-state index is 6.47. The number of hydrogen-bond acceptors (Lipinski definition) is 1. The second-order valence-electron chi connectivity index (χ2n) is 5.30. The molecule has 1 aliphatic heterocycles. The van der Waals surface area contributed by atoms with Crippen molar-refractivity contribution in [2.75, 3.05) is 7.05 Å². The van der Waals surface area contributed by atoms with Gasteiger partial charge in [0.05, 0.1) is 0 Å². The van der Waals surface area contributed by atoms with E-state index in [1.807, 2.05) is 7.05 Å². The van der Waals surface area contributed by atoms with Crippen LogP contribution in [-0.2, 0) is 0 Å². The van der Waals surface area contributed by atoms with Gasteiger partial charge in [-0.25, -0.2) is 0 Å². The molecule has 0 spiro atoms. The standard InChI is InChI=1S/C11H22ClN2/c1-6-7-8-9(12)10(11(2,3)4)14(5)13-8/h8-10H,6-7H2,1-5H3/q-1. The Morgan fingerprint density at radius 3 is 2.29 bits per heavy atom. The van der Waals surface area contributed by atoms with Crippen molar-refractivity contribution >= 4 is 11.6 Å². The molecule has 0 radical (unpaired) electrons. The molecule has 1 rings (SSSR count). The molecule has 0 aromatic heterocycles. The molecule has 0 amide bonds. The van der Waals surface area contributed by atoms with E-state index in [1.165, 1.54) is 0 Å². The van der Waals surface area contributed by atoms with Gasteiger partial charge in [-0.2, -0.15) is 0 Å². The lowest BCUT2D eigenvalue weighted by molar-refractivity contribution is 0.190. The molecule has 1 aliphatic rings. The molecule has 0 aliphatic carbocycles. The monoisotopic (exact) mass is 217 g/mol. The molecule has 3 unspecified atom stereocenters. The second-order valence-corrected chi connectivity index (χ2v) is 5.80. The largest absolute Gasteiger partial charge is 0.590 e. The highest BCUT2D eigenvalue weighted by Gasteiger charge is 2.37. The zero-order valence-electron chi connectivity index (χ0n) is 9.92. The van der Waals surface area contributed by atoms with Crippen molar-refractivity contribution in [3.63, 3.8) is 0 Å². The van der Waals surface area contributed by atoms with Crippen molar-refractivity contribution < 1.29 is 0 Å². The molecule has 3 atom stereocenters. The van der Waals surface area contributed by atoms with Crippen molar-refractivity contribution in [1.82, 2.24) is 5.01 Å². The van der Waals surface area contributed by atoms with Crippen molar-refractivity contribution in [2.24, 2.45) is 5.41 Å². The van der Waals surface area contributed by atoms with Crippen LogP contribution in [0, 0.1) is 5.41 Å². The first kappa shape index (κ1) is 12.3. The minimum Gasteiger partial charge on any atom is -0.590 e. The van der Waals surface area contributed by atoms with Crippen molar-refractivity contribution in [2.45, 2.75) is 58.0 Å². The number of nitrogens with zero attached hydrogens (tertiary/aromatic N) is 2. The molecule has 0 saturated carbocycles. The van der Waals surface area contributed by atoms with Crippen molar-refractivity contribution in [1.29, 1.82) is 0 Å². The van der Waals surface area contributed by atoms with E-state index in [0.29, 0.717) is 12.1 Å². The molecule has 0 bridgehead atoms. The molecule has 0 N–H and O–H groups in total. The van der Waals surface area contributed by atoms with Crippen LogP contribution in [0.15, 0.2) is 0 Å². The van der Waals surface area contributed by atoms with Gasteiger partial charge in [-0.1, -0.05) is 40.5 Å². The smallest absolute Gasteiger partial charge is 0.0331 e. The Morgan fingerprint density at radius 2 is 1.93 bits per heavy atom. The SMILES string of the molecule is CCCC1[N-]N(C)C(C(C)(C)C)C1Cl. The van der Waals surface area contributed by atoms with Gasteiger partial charge in [-0.05, 0) is 12.5 Å². The first-order valence-electron chi connectivity index (χ1n) is 5.45. The van der Waals surface area contributed by atoms with Crippen molar-refractivity contribution in [3.8, 4) is 0 Å². The normalized spacial score (nSPS) is 35.1. The van der Waals surface area contributed by atoms with E-state index in [-0.39, 0.29) is 10.8 Å². The van der Waals surface area contributed by atoms with Crippen LogP contribution in [0.3, 0.4) is 0 Å². The van der Waals surface area contributed by atoms with E-state index in [4.69, 9.17) is 11.6 Å². The van der Waals surface area contributed by atoms with Gasteiger partial charge in [0, 0.05) is 11.4 Å². The summed E-state index contributed by atoms with van der Waals surface area (Å²) in [5.74, 6) is 0. The van der Waals surface area contributed by atoms with E-state index >= 15 is 0 Å². The molecule has 14 heavy (non-hydrogen) atoms. The zero-order chi connectivity index (χ0) is 10.9. The van der Waals surface area contributed by atoms with E-state index in [9.17, 15) is 0 Å². The lowest BCUT2D eigenvalue weighted by atomic mass is 9.83. The maximum Gasteiger partial charge on any atom is 0.0331 e. The molecule has 0 aromatic carbocycles. The van der Waals surface area contributed by atoms with Crippen LogP contribution in [0.25, 0.3) is 5.43 Å². The van der Waals surface area contributed by atoms with E-state index in [2.05, 4.69) is 38.1 Å². The minimum absolute atomic E-state index is 0.167. The van der Waals surface area contributed by atoms with Crippen LogP contribution in [0.5, 0.6) is 0 Å². The Bertz CT molecular complexity index is 188. The Labute approximate surface area is 93.0 Å². The van der Waals surface area contributed by atoms with Crippen LogP contribution in [0.2, 0.25) is 0 Å². The fourth-order valence-electron chi connectivity index (χ4n) is 2.34. The molecule has 1 fully saturated rings. The highest BCUT2D eigenvalue weighted by Crippen LogP contribution is 2.40. The first-order valence-corrected chi connectivity index (χ1v) is 5.89. The van der Waals surface area contributed by atoms with Gasteiger partial charge in [0.15, 0.2) is 0 Å². The highest BCUT2D eigenvalue weighted by molar-refractivity contribution is 6.22. The van der Waals surface area contributed by atoms with Crippen LogP contribution in [0.4, 0.5) is 0 Å². The second kappa shape index (κ2) is 4.38. The number of rotatable bonds is 2. The summed E-state index contributed by atoms with van der Waals surface area (Å²) < 4.78 is 0. The van der Waals surface area contributed by atoms with E-state index in [1.54, 1.807) is 0 Å². The first-order chi connectivity index (χ1) is 6.38. The average molecular weight is 218 g/mol. The van der Waals surface area contributed by atoms with Gasteiger partial charge >= 0.3 is 0 Å². The molecule has 3 heteroatoms. The number of alkyl halides is 1. The average Bonchev–Trinajstić information content (AvgIpc) is 2.26. The fourth-order valence-corrected chi connectivity index (χ4v) is 3.05. The summed E-state index contributed by atoms with van der Waals surface area (Å²) in [5, 5.41) is 2.23. The van der Waals surface area contributed by atoms with Crippen LogP contribution >= 0.6 is 11.6 Å². The third-order valence-corrected chi connectivity index (χ3v) is 3.40. The minimum atomic E-state index is 0.167. The summed E-state index contributed by atoms with van der Waals surface area (Å²) in [6, 6.07) is 0.677. The van der Waals surface area contributed by atoms with Gasteiger partial charge in [0.25, 0.3) is 0 Å². The van der Waals surface area contributed by atoms with Gasteiger partial charge in [-0.15, -0.1) is 17.6 Å². The fraction of sp³-hybridized carbons (Fsp3) is 1.00. The summed E-state index contributed by atoms with van der Waals surface area (Å²) in [7, 11) is 2.04.